The Kier molecular flexibility index (Phi) is 4.80. The maximum atomic E-state index is 12.6. The van der Waals surface area contributed by atoms with Crippen LogP contribution in [0.2, 0.25) is 0 Å². The molecule has 3 rings (SSSR count). The summed E-state index contributed by atoms with van der Waals surface area (Å²) in [5.41, 5.74) is 0.846. The Morgan fingerprint density at radius 2 is 1.88 bits per heavy atom. The summed E-state index contributed by atoms with van der Waals surface area (Å²) in [6, 6.07) is 8.85. The highest BCUT2D eigenvalue weighted by Gasteiger charge is 2.35. The number of amides is 2. The molecule has 2 saturated heterocycles. The molecule has 1 aromatic rings. The van der Waals surface area contributed by atoms with Crippen LogP contribution in [-0.4, -0.2) is 60.0 Å². The van der Waals surface area contributed by atoms with Crippen molar-refractivity contribution in [1.29, 1.82) is 0 Å². The number of carboxylic acid groups (broad SMARTS) is 1. The Hall–Kier alpha value is -2.41. The number of hydrogen-bond acceptors (Lipinski definition) is 4. The number of piperazine rings is 1. The quantitative estimate of drug-likeness (QED) is 0.832. The first kappa shape index (κ1) is 16.4. The lowest BCUT2D eigenvalue weighted by atomic mass is 9.93. The minimum absolute atomic E-state index is 0.0626. The lowest BCUT2D eigenvalue weighted by Gasteiger charge is -2.37. The molecular formula is C17H21N3O4. The minimum Gasteiger partial charge on any atom is -0.480 e. The van der Waals surface area contributed by atoms with E-state index in [1.54, 1.807) is 9.80 Å². The van der Waals surface area contributed by atoms with E-state index < -0.39 is 12.0 Å². The van der Waals surface area contributed by atoms with Gasteiger partial charge in [-0.05, 0) is 25.0 Å². The fourth-order valence-corrected chi connectivity index (χ4v) is 3.28. The molecule has 0 aromatic heterocycles. The third kappa shape index (κ3) is 3.41. The van der Waals surface area contributed by atoms with Crippen LogP contribution >= 0.6 is 0 Å². The number of carbonyl (C=O) groups excluding carboxylic acids is 2. The standard InChI is InChI=1S/C17H21N3O4/c21-15-11-19(8-9-20(15)13-4-2-1-3-5-13)16(22)12-6-7-14(17(23)24)18-10-12/h1-5,12,14,18H,6-11H2,(H,23,24). The number of carboxylic acids is 1. The van der Waals surface area contributed by atoms with Crippen LogP contribution in [0.15, 0.2) is 30.3 Å². The topological polar surface area (TPSA) is 90.0 Å². The zero-order valence-electron chi connectivity index (χ0n) is 13.4. The maximum Gasteiger partial charge on any atom is 0.320 e. The van der Waals surface area contributed by atoms with Crippen LogP contribution in [0.25, 0.3) is 0 Å². The number of para-hydroxylation sites is 1. The molecule has 2 aliphatic heterocycles. The number of hydrogen-bond donors (Lipinski definition) is 2. The summed E-state index contributed by atoms with van der Waals surface area (Å²) in [4.78, 5) is 39.2. The molecule has 2 fully saturated rings. The van der Waals surface area contributed by atoms with Crippen molar-refractivity contribution in [1.82, 2.24) is 10.2 Å². The van der Waals surface area contributed by atoms with Crippen LogP contribution < -0.4 is 10.2 Å². The monoisotopic (exact) mass is 331 g/mol. The largest absolute Gasteiger partial charge is 0.480 e. The minimum atomic E-state index is -0.882. The summed E-state index contributed by atoms with van der Waals surface area (Å²) in [6.45, 7) is 1.40. The van der Waals surface area contributed by atoms with Crippen molar-refractivity contribution in [2.45, 2.75) is 18.9 Å². The van der Waals surface area contributed by atoms with Crippen LogP contribution in [0.5, 0.6) is 0 Å². The smallest absolute Gasteiger partial charge is 0.320 e. The molecule has 2 aliphatic rings. The molecule has 0 radical (unpaired) electrons. The van der Waals surface area contributed by atoms with Crippen molar-refractivity contribution in [3.63, 3.8) is 0 Å². The van der Waals surface area contributed by atoms with Crippen molar-refractivity contribution in [2.24, 2.45) is 5.92 Å². The Bertz CT molecular complexity index is 626. The van der Waals surface area contributed by atoms with Crippen molar-refractivity contribution in [2.75, 3.05) is 31.1 Å². The van der Waals surface area contributed by atoms with E-state index in [4.69, 9.17) is 5.11 Å². The van der Waals surface area contributed by atoms with E-state index in [2.05, 4.69) is 5.32 Å². The fraction of sp³-hybridized carbons (Fsp3) is 0.471. The van der Waals surface area contributed by atoms with Crippen LogP contribution in [0.4, 0.5) is 5.69 Å². The molecule has 0 aliphatic carbocycles. The van der Waals surface area contributed by atoms with E-state index in [0.717, 1.165) is 5.69 Å². The zero-order valence-corrected chi connectivity index (χ0v) is 13.4. The fourth-order valence-electron chi connectivity index (χ4n) is 3.28. The molecule has 2 atom stereocenters. The number of carbonyl (C=O) groups is 3. The first-order chi connectivity index (χ1) is 11.6. The van der Waals surface area contributed by atoms with Gasteiger partial charge in [0, 0.05) is 25.3 Å². The first-order valence-corrected chi connectivity index (χ1v) is 8.16. The number of rotatable bonds is 3. The summed E-state index contributed by atoms with van der Waals surface area (Å²) in [5, 5.41) is 11.9. The summed E-state index contributed by atoms with van der Waals surface area (Å²) in [7, 11) is 0. The second-order valence-electron chi connectivity index (χ2n) is 6.21. The lowest BCUT2D eigenvalue weighted by Crippen LogP contribution is -2.56. The highest BCUT2D eigenvalue weighted by atomic mass is 16.4. The van der Waals surface area contributed by atoms with E-state index in [0.29, 0.717) is 32.5 Å². The van der Waals surface area contributed by atoms with Gasteiger partial charge >= 0.3 is 5.97 Å². The van der Waals surface area contributed by atoms with E-state index in [-0.39, 0.29) is 24.3 Å². The molecule has 7 nitrogen and oxygen atoms in total. The summed E-state index contributed by atoms with van der Waals surface area (Å²) in [5.74, 6) is -1.29. The van der Waals surface area contributed by atoms with E-state index in [1.165, 1.54) is 0 Å². The Morgan fingerprint density at radius 3 is 2.46 bits per heavy atom. The van der Waals surface area contributed by atoms with E-state index in [1.807, 2.05) is 30.3 Å². The van der Waals surface area contributed by atoms with E-state index >= 15 is 0 Å². The van der Waals surface area contributed by atoms with Crippen LogP contribution in [0, 0.1) is 5.92 Å². The normalized spacial score (nSPS) is 24.8. The Balaban J connectivity index is 1.57. The molecule has 2 amide bonds. The molecule has 2 heterocycles. The molecule has 128 valence electrons. The van der Waals surface area contributed by atoms with E-state index in [9.17, 15) is 14.4 Å². The first-order valence-electron chi connectivity index (χ1n) is 8.16. The van der Waals surface area contributed by atoms with Gasteiger partial charge in [-0.2, -0.15) is 0 Å². The van der Waals surface area contributed by atoms with Crippen molar-refractivity contribution in [3.8, 4) is 0 Å². The number of piperidine rings is 1. The Labute approximate surface area is 140 Å². The lowest BCUT2D eigenvalue weighted by molar-refractivity contribution is -0.144. The molecule has 0 spiro atoms. The third-order valence-electron chi connectivity index (χ3n) is 4.66. The summed E-state index contributed by atoms with van der Waals surface area (Å²) >= 11 is 0. The predicted molar refractivity (Wildman–Crippen MR) is 87.5 cm³/mol. The summed E-state index contributed by atoms with van der Waals surface area (Å²) in [6.07, 6.45) is 0.972. The van der Waals surface area contributed by atoms with Gasteiger partial charge in [0.1, 0.15) is 12.6 Å². The number of nitrogens with zero attached hydrogens (tertiary/aromatic N) is 2. The van der Waals surface area contributed by atoms with Crippen LogP contribution in [0.3, 0.4) is 0 Å². The van der Waals surface area contributed by atoms with Gasteiger partial charge in [-0.25, -0.2) is 0 Å². The van der Waals surface area contributed by atoms with Gasteiger partial charge in [0.2, 0.25) is 11.8 Å². The molecule has 7 heteroatoms. The van der Waals surface area contributed by atoms with Gasteiger partial charge in [0.25, 0.3) is 0 Å². The van der Waals surface area contributed by atoms with Gasteiger partial charge in [-0.3, -0.25) is 14.4 Å². The second kappa shape index (κ2) is 7.00. The van der Waals surface area contributed by atoms with Crippen molar-refractivity contribution in [3.05, 3.63) is 30.3 Å². The third-order valence-corrected chi connectivity index (χ3v) is 4.66. The van der Waals surface area contributed by atoms with Crippen molar-refractivity contribution < 1.29 is 19.5 Å². The number of nitrogens with one attached hydrogen (secondary N) is 1. The second-order valence-corrected chi connectivity index (χ2v) is 6.21. The van der Waals surface area contributed by atoms with Crippen LogP contribution in [-0.2, 0) is 14.4 Å². The molecule has 1 aromatic carbocycles. The molecule has 0 saturated carbocycles. The average Bonchev–Trinajstić information content (AvgIpc) is 2.62. The molecule has 2 unspecified atom stereocenters. The highest BCUT2D eigenvalue weighted by molar-refractivity contribution is 5.98. The van der Waals surface area contributed by atoms with Gasteiger partial charge in [0.05, 0.1) is 5.92 Å². The van der Waals surface area contributed by atoms with Crippen molar-refractivity contribution >= 4 is 23.5 Å². The SMILES string of the molecule is O=C(O)C1CCC(C(=O)N2CCN(c3ccccc3)C(=O)C2)CN1. The average molecular weight is 331 g/mol. The predicted octanol–water partition coefficient (Wildman–Crippen LogP) is 0.315. The highest BCUT2D eigenvalue weighted by Crippen LogP contribution is 2.21. The van der Waals surface area contributed by atoms with Gasteiger partial charge in [-0.15, -0.1) is 0 Å². The molecule has 2 N–H and O–H groups in total. The zero-order chi connectivity index (χ0) is 17.1. The Morgan fingerprint density at radius 1 is 1.12 bits per heavy atom. The summed E-state index contributed by atoms with van der Waals surface area (Å²) < 4.78 is 0. The van der Waals surface area contributed by atoms with Crippen LogP contribution in [0.1, 0.15) is 12.8 Å². The number of anilines is 1. The van der Waals surface area contributed by atoms with Gasteiger partial charge in [-0.1, -0.05) is 18.2 Å². The van der Waals surface area contributed by atoms with Gasteiger partial charge in [0.15, 0.2) is 0 Å². The molecule has 0 bridgehead atoms. The molecule has 24 heavy (non-hydrogen) atoms. The van der Waals surface area contributed by atoms with Gasteiger partial charge < -0.3 is 20.2 Å². The maximum absolute atomic E-state index is 12.6. The number of benzene rings is 1. The molecular weight excluding hydrogens is 310 g/mol. The number of aliphatic carboxylic acids is 1.